The molecule has 0 unspecified atom stereocenters. The van der Waals surface area contributed by atoms with Crippen molar-refractivity contribution in [2.45, 2.75) is 12.8 Å². The predicted molar refractivity (Wildman–Crippen MR) is 107 cm³/mol. The number of rotatable bonds is 4. The average molecular weight is 394 g/mol. The molecule has 0 aliphatic carbocycles. The van der Waals surface area contributed by atoms with Gasteiger partial charge in [-0.05, 0) is 73.5 Å². The molecule has 5 nitrogen and oxygen atoms in total. The molecule has 1 atom stereocenters. The highest BCUT2D eigenvalue weighted by Gasteiger charge is 2.26. The Labute approximate surface area is 167 Å². The lowest BCUT2D eigenvalue weighted by molar-refractivity contribution is -0.120. The largest absolute Gasteiger partial charge is 0.354 e. The molecule has 1 saturated heterocycles. The van der Waals surface area contributed by atoms with E-state index in [0.717, 1.165) is 24.9 Å². The van der Waals surface area contributed by atoms with E-state index in [2.05, 4.69) is 15.5 Å². The summed E-state index contributed by atoms with van der Waals surface area (Å²) in [6.07, 6.45) is 1.65. The van der Waals surface area contributed by atoms with Crippen molar-refractivity contribution in [1.29, 1.82) is 0 Å². The van der Waals surface area contributed by atoms with Crippen molar-refractivity contribution < 1.29 is 13.6 Å². The van der Waals surface area contributed by atoms with Crippen LogP contribution in [0, 0.1) is 17.6 Å². The molecular formula is C22H20F2N4O. The number of amides is 1. The molecule has 0 radical (unpaired) electrons. The van der Waals surface area contributed by atoms with Gasteiger partial charge in [0.15, 0.2) is 5.82 Å². The summed E-state index contributed by atoms with van der Waals surface area (Å²) in [7, 11) is 0. The molecule has 1 N–H and O–H groups in total. The third-order valence-corrected chi connectivity index (χ3v) is 5.02. The van der Waals surface area contributed by atoms with Crippen molar-refractivity contribution in [3.8, 4) is 11.3 Å². The maximum Gasteiger partial charge on any atom is 0.229 e. The summed E-state index contributed by atoms with van der Waals surface area (Å²) >= 11 is 0. The number of carbonyl (C=O) groups excluding carboxylic acids is 1. The third-order valence-electron chi connectivity index (χ3n) is 5.02. The molecule has 2 aromatic carbocycles. The quantitative estimate of drug-likeness (QED) is 0.718. The van der Waals surface area contributed by atoms with Crippen LogP contribution in [0.3, 0.4) is 0 Å². The van der Waals surface area contributed by atoms with Crippen molar-refractivity contribution in [3.05, 3.63) is 72.3 Å². The Balaban J connectivity index is 1.41. The number of anilines is 2. The van der Waals surface area contributed by atoms with Crippen molar-refractivity contribution >= 4 is 17.4 Å². The van der Waals surface area contributed by atoms with E-state index in [1.165, 1.54) is 24.3 Å². The van der Waals surface area contributed by atoms with Crippen LogP contribution in [-0.2, 0) is 4.79 Å². The molecule has 2 heterocycles. The summed E-state index contributed by atoms with van der Waals surface area (Å²) in [5.74, 6) is -0.203. The molecule has 0 bridgehead atoms. The Bertz CT molecular complexity index is 975. The molecule has 4 rings (SSSR count). The molecule has 1 aromatic heterocycles. The van der Waals surface area contributed by atoms with Crippen molar-refractivity contribution in [2.75, 3.05) is 23.3 Å². The van der Waals surface area contributed by atoms with Crippen molar-refractivity contribution in [3.63, 3.8) is 0 Å². The minimum Gasteiger partial charge on any atom is -0.354 e. The van der Waals surface area contributed by atoms with Gasteiger partial charge in [-0.3, -0.25) is 4.79 Å². The second kappa shape index (κ2) is 8.34. The van der Waals surface area contributed by atoms with Crippen LogP contribution in [-0.4, -0.2) is 29.2 Å². The highest BCUT2D eigenvalue weighted by molar-refractivity contribution is 5.93. The first-order valence-corrected chi connectivity index (χ1v) is 9.49. The van der Waals surface area contributed by atoms with Gasteiger partial charge < -0.3 is 10.2 Å². The van der Waals surface area contributed by atoms with Crippen LogP contribution in [0.15, 0.2) is 60.7 Å². The van der Waals surface area contributed by atoms with Gasteiger partial charge in [-0.25, -0.2) is 8.78 Å². The van der Waals surface area contributed by atoms with Crippen molar-refractivity contribution in [1.82, 2.24) is 10.2 Å². The lowest BCUT2D eigenvalue weighted by atomic mass is 9.97. The fraction of sp³-hybridized carbons (Fsp3) is 0.227. The summed E-state index contributed by atoms with van der Waals surface area (Å²) in [4.78, 5) is 14.6. The number of piperidine rings is 1. The van der Waals surface area contributed by atoms with Crippen LogP contribution in [0.2, 0.25) is 0 Å². The van der Waals surface area contributed by atoms with E-state index < -0.39 is 0 Å². The second-order valence-electron chi connectivity index (χ2n) is 7.06. The lowest BCUT2D eigenvalue weighted by Crippen LogP contribution is -2.41. The Morgan fingerprint density at radius 1 is 0.931 bits per heavy atom. The first-order chi connectivity index (χ1) is 14.1. The van der Waals surface area contributed by atoms with E-state index in [0.29, 0.717) is 23.7 Å². The zero-order valence-electron chi connectivity index (χ0n) is 15.7. The monoisotopic (exact) mass is 394 g/mol. The second-order valence-corrected chi connectivity index (χ2v) is 7.06. The fourth-order valence-electron chi connectivity index (χ4n) is 3.45. The Morgan fingerprint density at radius 3 is 2.28 bits per heavy atom. The third kappa shape index (κ3) is 4.56. The fourth-order valence-corrected chi connectivity index (χ4v) is 3.45. The summed E-state index contributed by atoms with van der Waals surface area (Å²) < 4.78 is 26.1. The maximum atomic E-state index is 13.1. The van der Waals surface area contributed by atoms with Gasteiger partial charge in [-0.1, -0.05) is 0 Å². The Morgan fingerprint density at radius 2 is 1.62 bits per heavy atom. The normalized spacial score (nSPS) is 16.5. The summed E-state index contributed by atoms with van der Waals surface area (Å²) in [5.41, 5.74) is 2.04. The summed E-state index contributed by atoms with van der Waals surface area (Å²) in [5, 5.41) is 11.4. The maximum absolute atomic E-state index is 13.1. The van der Waals surface area contributed by atoms with Crippen LogP contribution in [0.1, 0.15) is 12.8 Å². The number of halogens is 2. The van der Waals surface area contributed by atoms with E-state index in [-0.39, 0.29) is 23.5 Å². The number of aromatic nitrogens is 2. The van der Waals surface area contributed by atoms with E-state index in [9.17, 15) is 13.6 Å². The minimum atomic E-state index is -0.338. The number of benzene rings is 2. The van der Waals surface area contributed by atoms with E-state index in [4.69, 9.17) is 0 Å². The number of nitrogens with one attached hydrogen (secondary N) is 1. The lowest BCUT2D eigenvalue weighted by Gasteiger charge is -2.32. The molecule has 1 fully saturated rings. The molecule has 0 saturated carbocycles. The SMILES string of the molecule is O=C(Nc1ccc(F)cc1)[C@@H]1CCCN(c2ccc(-c3ccc(F)cc3)nn2)C1. The van der Waals surface area contributed by atoms with Crippen LogP contribution < -0.4 is 10.2 Å². The first-order valence-electron chi connectivity index (χ1n) is 9.49. The smallest absolute Gasteiger partial charge is 0.229 e. The molecular weight excluding hydrogens is 374 g/mol. The van der Waals surface area contributed by atoms with Gasteiger partial charge in [-0.2, -0.15) is 0 Å². The average Bonchev–Trinajstić information content (AvgIpc) is 2.76. The zero-order chi connectivity index (χ0) is 20.2. The highest BCUT2D eigenvalue weighted by atomic mass is 19.1. The topological polar surface area (TPSA) is 58.1 Å². The number of nitrogens with zero attached hydrogens (tertiary/aromatic N) is 3. The molecule has 29 heavy (non-hydrogen) atoms. The Kier molecular flexibility index (Phi) is 5.46. The van der Waals surface area contributed by atoms with E-state index in [1.54, 1.807) is 24.3 Å². The molecule has 7 heteroatoms. The molecule has 0 spiro atoms. The highest BCUT2D eigenvalue weighted by Crippen LogP contribution is 2.24. The molecule has 1 aliphatic rings. The van der Waals surface area contributed by atoms with Gasteiger partial charge >= 0.3 is 0 Å². The van der Waals surface area contributed by atoms with E-state index in [1.807, 2.05) is 17.0 Å². The summed E-state index contributed by atoms with van der Waals surface area (Å²) in [6, 6.07) is 15.6. The van der Waals surface area contributed by atoms with Gasteiger partial charge in [-0.15, -0.1) is 10.2 Å². The van der Waals surface area contributed by atoms with Crippen LogP contribution >= 0.6 is 0 Å². The number of hydrogen-bond donors (Lipinski definition) is 1. The van der Waals surface area contributed by atoms with Crippen LogP contribution in [0.4, 0.5) is 20.3 Å². The van der Waals surface area contributed by atoms with Crippen molar-refractivity contribution in [2.24, 2.45) is 5.92 Å². The molecule has 1 aliphatic heterocycles. The summed E-state index contributed by atoms with van der Waals surface area (Å²) in [6.45, 7) is 1.34. The van der Waals surface area contributed by atoms with E-state index >= 15 is 0 Å². The predicted octanol–water partition coefficient (Wildman–Crippen LogP) is 4.28. The van der Waals surface area contributed by atoms with Gasteiger partial charge in [0.05, 0.1) is 11.6 Å². The van der Waals surface area contributed by atoms with Gasteiger partial charge in [0.1, 0.15) is 11.6 Å². The molecule has 3 aromatic rings. The van der Waals surface area contributed by atoms with Gasteiger partial charge in [0.25, 0.3) is 0 Å². The molecule has 148 valence electrons. The Hall–Kier alpha value is -3.35. The van der Waals surface area contributed by atoms with Crippen LogP contribution in [0.25, 0.3) is 11.3 Å². The first kappa shape index (κ1) is 19.0. The molecule has 1 amide bonds. The van der Waals surface area contributed by atoms with Gasteiger partial charge in [0.2, 0.25) is 5.91 Å². The van der Waals surface area contributed by atoms with Gasteiger partial charge in [0, 0.05) is 24.3 Å². The standard InChI is InChI=1S/C22H20F2N4O/c23-17-5-3-15(4-6-17)20-11-12-21(27-26-20)28-13-1-2-16(14-28)22(29)25-19-9-7-18(24)8-10-19/h3-12,16H,1-2,13-14H2,(H,25,29)/t16-/m1/s1. The zero-order valence-corrected chi connectivity index (χ0v) is 15.7. The minimum absolute atomic E-state index is 0.0859. The number of hydrogen-bond acceptors (Lipinski definition) is 4. The van der Waals surface area contributed by atoms with Crippen LogP contribution in [0.5, 0.6) is 0 Å². The number of carbonyl (C=O) groups is 1.